The smallest absolute Gasteiger partial charge is 0.325 e. The molecule has 240 valence electrons. The Morgan fingerprint density at radius 2 is 1.57 bits per heavy atom. The van der Waals surface area contributed by atoms with Crippen molar-refractivity contribution in [2.75, 3.05) is 13.1 Å². The number of Topliss-reactive ketones (excluding diaryl/α,β-unsaturated/α-hetero) is 1. The zero-order valence-electron chi connectivity index (χ0n) is 26.7. The highest BCUT2D eigenvalue weighted by atomic mass is 16.5. The maximum atomic E-state index is 13.5. The van der Waals surface area contributed by atoms with E-state index in [0.29, 0.717) is 12.8 Å². The van der Waals surface area contributed by atoms with E-state index in [2.05, 4.69) is 22.9 Å². The lowest BCUT2D eigenvalue weighted by Crippen LogP contribution is -2.60. The van der Waals surface area contributed by atoms with E-state index in [-0.39, 0.29) is 31.5 Å². The molecule has 2 aliphatic rings. The fraction of sp³-hybridized carbons (Fsp3) is 0.800. The number of hydrogen-bond acceptors (Lipinski definition) is 7. The standard InChI is InChI=1S/C25H43N5O7.C5H10/c1-8-15(4)12-16(19(32)21(26)33)28-22(34)17-10-9-11-30(17)23(35)20(25(5,6)7)29-24(36)27-13-18(31)37-14(2)3;1-5-3-2-4-5/h14-17,20H,8-13H2,1-7H3,(H2,26,33)(H,28,34)(H2,27,29,36);5H,2-4H2,1H3. The second-order valence-corrected chi connectivity index (χ2v) is 12.9. The van der Waals surface area contributed by atoms with E-state index < -0.39 is 59.0 Å². The zero-order chi connectivity index (χ0) is 32.2. The van der Waals surface area contributed by atoms with Crippen LogP contribution in [0, 0.1) is 17.3 Å². The first-order valence-corrected chi connectivity index (χ1v) is 15.2. The third-order valence-corrected chi connectivity index (χ3v) is 7.59. The summed E-state index contributed by atoms with van der Waals surface area (Å²) in [5.41, 5.74) is 4.46. The monoisotopic (exact) mass is 595 g/mol. The van der Waals surface area contributed by atoms with Gasteiger partial charge in [0.05, 0.1) is 12.1 Å². The SMILES string of the molecule is CC1CCC1.CCC(C)CC(NC(=O)C1CCCN1C(=O)C(NC(=O)NCC(=O)OC(C)C)C(C)(C)C)C(=O)C(N)=O. The van der Waals surface area contributed by atoms with Crippen LogP contribution >= 0.6 is 0 Å². The number of amides is 5. The first-order chi connectivity index (χ1) is 19.5. The molecule has 42 heavy (non-hydrogen) atoms. The van der Waals surface area contributed by atoms with Crippen molar-refractivity contribution in [3.8, 4) is 0 Å². The molecule has 1 aliphatic heterocycles. The highest BCUT2D eigenvalue weighted by Gasteiger charge is 2.42. The second-order valence-electron chi connectivity index (χ2n) is 12.9. The van der Waals surface area contributed by atoms with Crippen LogP contribution in [0.25, 0.3) is 0 Å². The van der Waals surface area contributed by atoms with Gasteiger partial charge in [0.2, 0.25) is 17.6 Å². The number of hydrogen-bond donors (Lipinski definition) is 4. The summed E-state index contributed by atoms with van der Waals surface area (Å²) in [5, 5.41) is 7.62. The fourth-order valence-electron chi connectivity index (χ4n) is 4.61. The largest absolute Gasteiger partial charge is 0.462 e. The van der Waals surface area contributed by atoms with Crippen molar-refractivity contribution in [3.63, 3.8) is 0 Å². The number of nitrogens with two attached hydrogens (primary N) is 1. The third kappa shape index (κ3) is 12.4. The van der Waals surface area contributed by atoms with Gasteiger partial charge in [-0.15, -0.1) is 0 Å². The molecule has 4 atom stereocenters. The Bertz CT molecular complexity index is 958. The van der Waals surface area contributed by atoms with Gasteiger partial charge in [-0.05, 0) is 50.4 Å². The average molecular weight is 596 g/mol. The van der Waals surface area contributed by atoms with E-state index in [1.54, 1.807) is 34.6 Å². The number of likely N-dealkylation sites (tertiary alicyclic amines) is 1. The molecule has 1 heterocycles. The number of ether oxygens (including phenoxy) is 1. The van der Waals surface area contributed by atoms with Crippen LogP contribution in [0.5, 0.6) is 0 Å². The number of esters is 1. The van der Waals surface area contributed by atoms with Gasteiger partial charge in [0.1, 0.15) is 18.6 Å². The maximum Gasteiger partial charge on any atom is 0.325 e. The summed E-state index contributed by atoms with van der Waals surface area (Å²) in [6.07, 6.45) is 6.03. The Labute approximate surface area is 250 Å². The van der Waals surface area contributed by atoms with Crippen LogP contribution in [0.2, 0.25) is 0 Å². The Morgan fingerprint density at radius 1 is 0.976 bits per heavy atom. The van der Waals surface area contributed by atoms with E-state index in [4.69, 9.17) is 10.5 Å². The molecule has 2 rings (SSSR count). The van der Waals surface area contributed by atoms with Crippen molar-refractivity contribution in [1.82, 2.24) is 20.9 Å². The number of nitrogens with one attached hydrogen (secondary N) is 3. The summed E-state index contributed by atoms with van der Waals surface area (Å²) in [5.74, 6) is -2.53. The Kier molecular flexibility index (Phi) is 15.0. The molecule has 0 spiro atoms. The molecule has 2 fully saturated rings. The number of ketones is 1. The number of primary amides is 1. The molecule has 0 aromatic carbocycles. The molecular formula is C30H53N5O7. The topological polar surface area (TPSA) is 177 Å². The molecule has 5 N–H and O–H groups in total. The molecule has 5 amide bonds. The molecule has 0 radical (unpaired) electrons. The molecule has 0 aromatic rings. The Morgan fingerprint density at radius 3 is 2.02 bits per heavy atom. The van der Waals surface area contributed by atoms with Crippen LogP contribution in [-0.2, 0) is 28.7 Å². The number of nitrogens with zero attached hydrogens (tertiary/aromatic N) is 1. The predicted octanol–water partition coefficient (Wildman–Crippen LogP) is 2.42. The highest BCUT2D eigenvalue weighted by molar-refractivity contribution is 6.37. The summed E-state index contributed by atoms with van der Waals surface area (Å²) >= 11 is 0. The molecule has 12 nitrogen and oxygen atoms in total. The van der Waals surface area contributed by atoms with Crippen LogP contribution < -0.4 is 21.7 Å². The van der Waals surface area contributed by atoms with Gasteiger partial charge in [-0.1, -0.05) is 67.2 Å². The van der Waals surface area contributed by atoms with Crippen LogP contribution in [0.4, 0.5) is 4.79 Å². The summed E-state index contributed by atoms with van der Waals surface area (Å²) in [6.45, 7) is 14.7. The van der Waals surface area contributed by atoms with Crippen LogP contribution in [0.1, 0.15) is 100 Å². The van der Waals surface area contributed by atoms with Crippen molar-refractivity contribution in [2.45, 2.75) is 125 Å². The lowest BCUT2D eigenvalue weighted by atomic mass is 9.85. The van der Waals surface area contributed by atoms with E-state index in [1.165, 1.54) is 24.2 Å². The molecule has 1 saturated carbocycles. The van der Waals surface area contributed by atoms with E-state index in [9.17, 15) is 28.8 Å². The molecule has 4 unspecified atom stereocenters. The Balaban J connectivity index is 0.00000158. The van der Waals surface area contributed by atoms with Gasteiger partial charge in [-0.2, -0.15) is 0 Å². The Hall–Kier alpha value is -3.18. The number of rotatable bonds is 12. The minimum absolute atomic E-state index is 0.0562. The highest BCUT2D eigenvalue weighted by Crippen LogP contribution is 2.26. The lowest BCUT2D eigenvalue weighted by Gasteiger charge is -2.35. The molecule has 0 bridgehead atoms. The first-order valence-electron chi connectivity index (χ1n) is 15.2. The maximum absolute atomic E-state index is 13.5. The predicted molar refractivity (Wildman–Crippen MR) is 159 cm³/mol. The van der Waals surface area contributed by atoms with E-state index in [0.717, 1.165) is 12.3 Å². The van der Waals surface area contributed by atoms with Gasteiger partial charge in [0, 0.05) is 6.54 Å². The molecule has 12 heteroatoms. The molecule has 1 aliphatic carbocycles. The average Bonchev–Trinajstić information content (AvgIpc) is 3.37. The minimum atomic E-state index is -1.13. The van der Waals surface area contributed by atoms with Crippen LogP contribution in [-0.4, -0.2) is 77.7 Å². The summed E-state index contributed by atoms with van der Waals surface area (Å²) < 4.78 is 4.98. The number of urea groups is 1. The van der Waals surface area contributed by atoms with Gasteiger partial charge < -0.3 is 31.3 Å². The number of carbonyl (C=O) groups is 6. The summed E-state index contributed by atoms with van der Waals surface area (Å²) in [6, 6.07) is -3.69. The minimum Gasteiger partial charge on any atom is -0.462 e. The van der Waals surface area contributed by atoms with Gasteiger partial charge in [0.15, 0.2) is 0 Å². The molecular weight excluding hydrogens is 542 g/mol. The second kappa shape index (κ2) is 17.1. The van der Waals surface area contributed by atoms with Gasteiger partial charge >= 0.3 is 12.0 Å². The van der Waals surface area contributed by atoms with Crippen molar-refractivity contribution in [2.24, 2.45) is 23.0 Å². The quantitative estimate of drug-likeness (QED) is 0.198. The van der Waals surface area contributed by atoms with Crippen LogP contribution in [0.15, 0.2) is 0 Å². The fourth-order valence-corrected chi connectivity index (χ4v) is 4.61. The first kappa shape index (κ1) is 36.8. The zero-order valence-corrected chi connectivity index (χ0v) is 26.7. The van der Waals surface area contributed by atoms with Crippen molar-refractivity contribution >= 4 is 35.5 Å². The van der Waals surface area contributed by atoms with Gasteiger partial charge in [-0.3, -0.25) is 24.0 Å². The lowest BCUT2D eigenvalue weighted by molar-refractivity contribution is -0.146. The van der Waals surface area contributed by atoms with Gasteiger partial charge in [0.25, 0.3) is 5.91 Å². The molecule has 1 saturated heterocycles. The third-order valence-electron chi connectivity index (χ3n) is 7.59. The van der Waals surface area contributed by atoms with Gasteiger partial charge in [-0.25, -0.2) is 4.79 Å². The van der Waals surface area contributed by atoms with E-state index in [1.807, 2.05) is 13.8 Å². The van der Waals surface area contributed by atoms with Crippen molar-refractivity contribution in [3.05, 3.63) is 0 Å². The number of carbonyl (C=O) groups excluding carboxylic acids is 6. The summed E-state index contributed by atoms with van der Waals surface area (Å²) in [4.78, 5) is 76.2. The van der Waals surface area contributed by atoms with Crippen molar-refractivity contribution < 1.29 is 33.5 Å². The van der Waals surface area contributed by atoms with Crippen molar-refractivity contribution in [1.29, 1.82) is 0 Å². The summed E-state index contributed by atoms with van der Waals surface area (Å²) in [7, 11) is 0. The van der Waals surface area contributed by atoms with Crippen LogP contribution in [0.3, 0.4) is 0 Å². The normalized spacial score (nSPS) is 18.9. The van der Waals surface area contributed by atoms with E-state index >= 15 is 0 Å². The molecule has 0 aromatic heterocycles.